The van der Waals surface area contributed by atoms with Gasteiger partial charge in [-0.1, -0.05) is 18.2 Å². The van der Waals surface area contributed by atoms with E-state index in [2.05, 4.69) is 5.32 Å². The van der Waals surface area contributed by atoms with Crippen molar-refractivity contribution in [2.45, 2.75) is 0 Å². The van der Waals surface area contributed by atoms with Gasteiger partial charge in [-0.25, -0.2) is 0 Å². The number of anilines is 2. The molecule has 0 unspecified atom stereocenters. The summed E-state index contributed by atoms with van der Waals surface area (Å²) in [5.74, 6) is -2.63. The summed E-state index contributed by atoms with van der Waals surface area (Å²) in [4.78, 5) is 36.5. The highest BCUT2D eigenvalue weighted by Crippen LogP contribution is 2.41. The van der Waals surface area contributed by atoms with Crippen LogP contribution in [0.25, 0.3) is 0 Å². The zero-order valence-corrected chi connectivity index (χ0v) is 14.2. The molecule has 4 rings (SSSR count). The predicted molar refractivity (Wildman–Crippen MR) is 99.5 cm³/mol. The summed E-state index contributed by atoms with van der Waals surface area (Å²) < 4.78 is 0. The van der Waals surface area contributed by atoms with Gasteiger partial charge in [-0.05, 0) is 30.3 Å². The van der Waals surface area contributed by atoms with Gasteiger partial charge in [-0.15, -0.1) is 0 Å². The molecule has 0 amide bonds. The minimum atomic E-state index is -0.771. The third-order valence-electron chi connectivity index (χ3n) is 4.50. The molecule has 3 aromatic carbocycles. The minimum Gasteiger partial charge on any atom is -0.504 e. The number of hydrogen-bond acceptors (Lipinski definition) is 7. The first-order valence-electron chi connectivity index (χ1n) is 8.17. The first-order valence-corrected chi connectivity index (χ1v) is 8.17. The van der Waals surface area contributed by atoms with Crippen molar-refractivity contribution in [3.63, 3.8) is 0 Å². The van der Waals surface area contributed by atoms with Crippen LogP contribution in [0.5, 0.6) is 11.5 Å². The second-order valence-corrected chi connectivity index (χ2v) is 6.18. The highest BCUT2D eigenvalue weighted by molar-refractivity contribution is 6.30. The van der Waals surface area contributed by atoms with Crippen molar-refractivity contribution in [2.75, 3.05) is 5.32 Å². The Labute approximate surface area is 157 Å². The lowest BCUT2D eigenvalue weighted by Crippen LogP contribution is -2.21. The van der Waals surface area contributed by atoms with Crippen LogP contribution in [-0.2, 0) is 0 Å². The number of phenols is 2. The van der Waals surface area contributed by atoms with E-state index in [0.29, 0.717) is 5.69 Å². The molecule has 0 heterocycles. The van der Waals surface area contributed by atoms with E-state index in [1.807, 2.05) is 0 Å². The Hall–Kier alpha value is -4.20. The van der Waals surface area contributed by atoms with Gasteiger partial charge < -0.3 is 15.5 Å². The number of hydrogen-bond donors (Lipinski definition) is 3. The summed E-state index contributed by atoms with van der Waals surface area (Å²) in [5.41, 5.74) is -0.435. The smallest absolute Gasteiger partial charge is 0.293 e. The van der Waals surface area contributed by atoms with Crippen LogP contribution in [0.15, 0.2) is 54.6 Å². The van der Waals surface area contributed by atoms with Crippen LogP contribution in [0.3, 0.4) is 0 Å². The first-order chi connectivity index (χ1) is 13.4. The molecule has 8 heteroatoms. The van der Waals surface area contributed by atoms with Crippen molar-refractivity contribution in [3.05, 3.63) is 87.0 Å². The van der Waals surface area contributed by atoms with Crippen molar-refractivity contribution >= 4 is 28.6 Å². The molecule has 0 bridgehead atoms. The van der Waals surface area contributed by atoms with Crippen LogP contribution in [0.2, 0.25) is 0 Å². The number of phenolic OH excluding ortho intramolecular Hbond substituents is 2. The molecule has 8 nitrogen and oxygen atoms in total. The highest BCUT2D eigenvalue weighted by Gasteiger charge is 2.35. The third kappa shape index (κ3) is 2.55. The zero-order valence-electron chi connectivity index (χ0n) is 14.2. The average molecular weight is 376 g/mol. The summed E-state index contributed by atoms with van der Waals surface area (Å²) in [5, 5.41) is 34.1. The standard InChI is InChI=1S/C20H12N2O6/c23-16-7-6-11-17(20(16)26)19(25)13-9-15(22(27)28)14(8-12(13)18(11)24)21-10-4-2-1-3-5-10/h1-9,21,23,26H. The first kappa shape index (κ1) is 17.2. The fraction of sp³-hybridized carbons (Fsp3) is 0. The largest absolute Gasteiger partial charge is 0.504 e. The van der Waals surface area contributed by atoms with Crippen LogP contribution in [0.4, 0.5) is 17.1 Å². The van der Waals surface area contributed by atoms with Gasteiger partial charge >= 0.3 is 0 Å². The number of aromatic hydroxyl groups is 2. The van der Waals surface area contributed by atoms with Crippen molar-refractivity contribution in [3.8, 4) is 11.5 Å². The highest BCUT2D eigenvalue weighted by atomic mass is 16.6. The molecule has 0 atom stereocenters. The van der Waals surface area contributed by atoms with Crippen LogP contribution in [-0.4, -0.2) is 26.7 Å². The van der Waals surface area contributed by atoms with Crippen molar-refractivity contribution < 1.29 is 24.7 Å². The quantitative estimate of drug-likeness (QED) is 0.283. The molecule has 0 spiro atoms. The van der Waals surface area contributed by atoms with E-state index >= 15 is 0 Å². The maximum atomic E-state index is 12.9. The van der Waals surface area contributed by atoms with Gasteiger partial charge in [0.1, 0.15) is 5.69 Å². The number of fused-ring (bicyclic) bond motifs is 2. The SMILES string of the molecule is O=C1c2cc(Nc3ccccc3)c([N+](=O)[O-])cc2C(=O)c2c1ccc(O)c2O. The predicted octanol–water partition coefficient (Wildman–Crippen LogP) is 3.53. The number of benzene rings is 3. The van der Waals surface area contributed by atoms with Gasteiger partial charge in [-0.2, -0.15) is 0 Å². The van der Waals surface area contributed by atoms with Gasteiger partial charge in [-0.3, -0.25) is 19.7 Å². The van der Waals surface area contributed by atoms with Gasteiger partial charge in [0.15, 0.2) is 23.1 Å². The molecule has 138 valence electrons. The summed E-state index contributed by atoms with van der Waals surface area (Å²) in [6.45, 7) is 0. The average Bonchev–Trinajstić information content (AvgIpc) is 2.68. The number of carbonyl (C=O) groups excluding carboxylic acids is 2. The summed E-state index contributed by atoms with van der Waals surface area (Å²) in [6, 6.07) is 13.3. The molecule has 0 aromatic heterocycles. The Morgan fingerprint density at radius 1 is 0.857 bits per heavy atom. The molecule has 28 heavy (non-hydrogen) atoms. The van der Waals surface area contributed by atoms with Crippen molar-refractivity contribution in [1.29, 1.82) is 0 Å². The van der Waals surface area contributed by atoms with E-state index in [1.54, 1.807) is 30.3 Å². The van der Waals surface area contributed by atoms with Gasteiger partial charge in [0.25, 0.3) is 5.69 Å². The maximum absolute atomic E-state index is 12.9. The lowest BCUT2D eigenvalue weighted by molar-refractivity contribution is -0.383. The lowest BCUT2D eigenvalue weighted by Gasteiger charge is -2.20. The number of rotatable bonds is 3. The molecule has 0 radical (unpaired) electrons. The number of ketones is 2. The van der Waals surface area contributed by atoms with E-state index in [9.17, 15) is 29.9 Å². The molecule has 0 fully saturated rings. The fourth-order valence-corrected chi connectivity index (χ4v) is 3.17. The third-order valence-corrected chi connectivity index (χ3v) is 4.50. The Kier molecular flexibility index (Phi) is 3.82. The molecule has 0 saturated heterocycles. The Morgan fingerprint density at radius 3 is 2.21 bits per heavy atom. The normalized spacial score (nSPS) is 12.3. The summed E-state index contributed by atoms with van der Waals surface area (Å²) in [7, 11) is 0. The van der Waals surface area contributed by atoms with Crippen LogP contribution < -0.4 is 5.32 Å². The topological polar surface area (TPSA) is 130 Å². The van der Waals surface area contributed by atoms with Crippen LogP contribution in [0.1, 0.15) is 31.8 Å². The zero-order chi connectivity index (χ0) is 20.0. The fourth-order valence-electron chi connectivity index (χ4n) is 3.17. The summed E-state index contributed by atoms with van der Waals surface area (Å²) >= 11 is 0. The van der Waals surface area contributed by atoms with Gasteiger partial charge in [0, 0.05) is 28.4 Å². The van der Waals surface area contributed by atoms with Crippen LogP contribution in [0, 0.1) is 10.1 Å². The van der Waals surface area contributed by atoms with E-state index in [4.69, 9.17) is 0 Å². The molecule has 3 N–H and O–H groups in total. The van der Waals surface area contributed by atoms with Gasteiger partial charge in [0.2, 0.25) is 0 Å². The van der Waals surface area contributed by atoms with Gasteiger partial charge in [0.05, 0.1) is 10.5 Å². The second kappa shape index (κ2) is 6.20. The van der Waals surface area contributed by atoms with E-state index in [0.717, 1.165) is 12.1 Å². The molecule has 0 aliphatic heterocycles. The molecular weight excluding hydrogens is 364 g/mol. The second-order valence-electron chi connectivity index (χ2n) is 6.18. The number of para-hydroxylation sites is 1. The monoisotopic (exact) mass is 376 g/mol. The lowest BCUT2D eigenvalue weighted by atomic mass is 9.83. The Morgan fingerprint density at radius 2 is 1.54 bits per heavy atom. The number of nitrogens with one attached hydrogen (secondary N) is 1. The molecular formula is C20H12N2O6. The van der Waals surface area contributed by atoms with E-state index in [1.165, 1.54) is 12.1 Å². The Balaban J connectivity index is 1.91. The Bertz CT molecular complexity index is 1170. The number of carbonyl (C=O) groups is 2. The number of nitro benzene ring substituents is 1. The molecule has 1 aliphatic rings. The minimum absolute atomic E-state index is 0.0216. The number of nitro groups is 1. The maximum Gasteiger partial charge on any atom is 0.293 e. The van der Waals surface area contributed by atoms with Crippen LogP contribution >= 0.6 is 0 Å². The molecule has 1 aliphatic carbocycles. The van der Waals surface area contributed by atoms with Crippen molar-refractivity contribution in [2.24, 2.45) is 0 Å². The van der Waals surface area contributed by atoms with E-state index < -0.39 is 33.7 Å². The summed E-state index contributed by atoms with van der Waals surface area (Å²) in [6.07, 6.45) is 0. The van der Waals surface area contributed by atoms with E-state index in [-0.39, 0.29) is 27.9 Å². The molecule has 0 saturated carbocycles. The van der Waals surface area contributed by atoms with Crippen molar-refractivity contribution in [1.82, 2.24) is 0 Å². The molecule has 3 aromatic rings. The number of nitrogens with zero attached hydrogens (tertiary/aromatic N) is 1.